The molecule has 1 unspecified atom stereocenters. The van der Waals surface area contributed by atoms with Crippen molar-refractivity contribution < 1.29 is 5.11 Å². The first kappa shape index (κ1) is 19.2. The van der Waals surface area contributed by atoms with Crippen molar-refractivity contribution in [2.45, 2.75) is 31.8 Å². The molecular formula is C22H31N5O. The van der Waals surface area contributed by atoms with Crippen LogP contribution < -0.4 is 9.80 Å². The van der Waals surface area contributed by atoms with Crippen LogP contribution in [0.15, 0.2) is 42.6 Å². The molecule has 2 saturated heterocycles. The Kier molecular flexibility index (Phi) is 6.39. The van der Waals surface area contributed by atoms with Crippen molar-refractivity contribution in [2.24, 2.45) is 0 Å². The lowest BCUT2D eigenvalue weighted by atomic mass is 10.1. The van der Waals surface area contributed by atoms with E-state index in [0.717, 1.165) is 70.3 Å². The van der Waals surface area contributed by atoms with Crippen molar-refractivity contribution in [1.82, 2.24) is 14.9 Å². The molecule has 1 aromatic carbocycles. The van der Waals surface area contributed by atoms with E-state index in [1.807, 2.05) is 12.3 Å². The topological polar surface area (TPSA) is 55.7 Å². The van der Waals surface area contributed by atoms with Crippen molar-refractivity contribution in [3.63, 3.8) is 0 Å². The summed E-state index contributed by atoms with van der Waals surface area (Å²) in [4.78, 5) is 16.4. The van der Waals surface area contributed by atoms with E-state index in [2.05, 4.69) is 50.0 Å². The summed E-state index contributed by atoms with van der Waals surface area (Å²) >= 11 is 0. The van der Waals surface area contributed by atoms with Gasteiger partial charge in [-0.3, -0.25) is 0 Å². The Labute approximate surface area is 167 Å². The lowest BCUT2D eigenvalue weighted by molar-refractivity contribution is 0.198. The molecule has 28 heavy (non-hydrogen) atoms. The zero-order valence-corrected chi connectivity index (χ0v) is 16.6. The number of rotatable bonds is 6. The molecule has 2 aliphatic rings. The third-order valence-corrected chi connectivity index (χ3v) is 5.77. The molecule has 2 aromatic rings. The highest BCUT2D eigenvalue weighted by atomic mass is 16.3. The molecule has 2 aliphatic heterocycles. The van der Waals surface area contributed by atoms with E-state index in [1.165, 1.54) is 12.0 Å². The fraction of sp³-hybridized carbons (Fsp3) is 0.545. The Bertz CT molecular complexity index is 741. The molecule has 1 N–H and O–H groups in total. The van der Waals surface area contributed by atoms with E-state index < -0.39 is 0 Å². The van der Waals surface area contributed by atoms with Crippen LogP contribution in [0.4, 0.5) is 11.8 Å². The van der Waals surface area contributed by atoms with E-state index in [4.69, 9.17) is 4.98 Å². The minimum Gasteiger partial charge on any atom is -0.391 e. The van der Waals surface area contributed by atoms with Gasteiger partial charge in [0.2, 0.25) is 5.95 Å². The number of nitrogens with zero attached hydrogens (tertiary/aromatic N) is 5. The van der Waals surface area contributed by atoms with Crippen LogP contribution in [0, 0.1) is 0 Å². The fourth-order valence-electron chi connectivity index (χ4n) is 4.16. The minimum absolute atomic E-state index is 0.235. The average Bonchev–Trinajstić information content (AvgIpc) is 3.03. The smallest absolute Gasteiger partial charge is 0.227 e. The Morgan fingerprint density at radius 2 is 1.86 bits per heavy atom. The van der Waals surface area contributed by atoms with Gasteiger partial charge in [0.25, 0.3) is 0 Å². The second-order valence-electron chi connectivity index (χ2n) is 7.87. The summed E-state index contributed by atoms with van der Waals surface area (Å²) < 4.78 is 0. The van der Waals surface area contributed by atoms with Gasteiger partial charge in [-0.1, -0.05) is 30.3 Å². The van der Waals surface area contributed by atoms with E-state index in [1.54, 1.807) is 0 Å². The Balaban J connectivity index is 1.29. The third kappa shape index (κ3) is 5.00. The monoisotopic (exact) mass is 381 g/mol. The highest BCUT2D eigenvalue weighted by Gasteiger charge is 2.23. The van der Waals surface area contributed by atoms with E-state index in [-0.39, 0.29) is 6.10 Å². The fourth-order valence-corrected chi connectivity index (χ4v) is 4.16. The summed E-state index contributed by atoms with van der Waals surface area (Å²) in [6.45, 7) is 6.86. The molecule has 3 heterocycles. The van der Waals surface area contributed by atoms with Crippen molar-refractivity contribution in [3.05, 3.63) is 48.2 Å². The summed E-state index contributed by atoms with van der Waals surface area (Å²) in [6, 6.07) is 12.7. The molecule has 0 spiro atoms. The number of hydrogen-bond donors (Lipinski definition) is 1. The van der Waals surface area contributed by atoms with Crippen LogP contribution in [0.2, 0.25) is 0 Å². The van der Waals surface area contributed by atoms with E-state index >= 15 is 0 Å². The predicted molar refractivity (Wildman–Crippen MR) is 113 cm³/mol. The van der Waals surface area contributed by atoms with Gasteiger partial charge >= 0.3 is 0 Å². The normalized spacial score (nSPS) is 21.1. The van der Waals surface area contributed by atoms with Gasteiger partial charge < -0.3 is 19.8 Å². The second kappa shape index (κ2) is 9.34. The first-order valence-electron chi connectivity index (χ1n) is 10.6. The maximum absolute atomic E-state index is 9.79. The van der Waals surface area contributed by atoms with Crippen molar-refractivity contribution in [1.29, 1.82) is 0 Å². The lowest BCUT2D eigenvalue weighted by Crippen LogP contribution is -2.32. The molecule has 1 atom stereocenters. The van der Waals surface area contributed by atoms with Crippen LogP contribution in [0.1, 0.15) is 24.8 Å². The summed E-state index contributed by atoms with van der Waals surface area (Å²) in [5.41, 5.74) is 1.43. The van der Waals surface area contributed by atoms with Crippen molar-refractivity contribution >= 4 is 11.8 Å². The lowest BCUT2D eigenvalue weighted by Gasteiger charge is -2.23. The number of aliphatic hydroxyl groups is 1. The molecule has 4 rings (SSSR count). The molecule has 0 saturated carbocycles. The highest BCUT2D eigenvalue weighted by molar-refractivity contribution is 5.44. The number of aromatic nitrogens is 2. The van der Waals surface area contributed by atoms with Gasteiger partial charge in [0.05, 0.1) is 6.10 Å². The SMILES string of the molecule is OC1CCN(c2ccnc(N3CCCN(CCCc4ccccc4)CC3)n2)C1. The number of aryl methyl sites for hydroxylation is 1. The maximum atomic E-state index is 9.79. The zero-order chi connectivity index (χ0) is 19.2. The molecule has 150 valence electrons. The standard InChI is InChI=1S/C22H31N5O/c28-20-10-15-27(18-20)21-9-11-23-22(24-21)26-14-5-13-25(16-17-26)12-4-8-19-6-2-1-3-7-19/h1-3,6-7,9,11,20,28H,4-5,8,10,12-18H2. The first-order chi connectivity index (χ1) is 13.8. The van der Waals surface area contributed by atoms with Crippen molar-refractivity contribution in [3.8, 4) is 0 Å². The molecule has 0 bridgehead atoms. The van der Waals surface area contributed by atoms with Crippen LogP contribution in [0.5, 0.6) is 0 Å². The molecule has 2 fully saturated rings. The molecule has 0 amide bonds. The van der Waals surface area contributed by atoms with Gasteiger partial charge in [0.1, 0.15) is 5.82 Å². The Hall–Kier alpha value is -2.18. The van der Waals surface area contributed by atoms with E-state index in [9.17, 15) is 5.11 Å². The van der Waals surface area contributed by atoms with Crippen LogP contribution in [-0.4, -0.2) is 71.9 Å². The quantitative estimate of drug-likeness (QED) is 0.828. The van der Waals surface area contributed by atoms with Gasteiger partial charge in [0.15, 0.2) is 0 Å². The molecule has 6 heteroatoms. The number of hydrogen-bond acceptors (Lipinski definition) is 6. The maximum Gasteiger partial charge on any atom is 0.227 e. The van der Waals surface area contributed by atoms with Crippen LogP contribution in [0.3, 0.4) is 0 Å². The van der Waals surface area contributed by atoms with Crippen LogP contribution >= 0.6 is 0 Å². The molecule has 0 aliphatic carbocycles. The van der Waals surface area contributed by atoms with Gasteiger partial charge in [-0.25, -0.2) is 4.98 Å². The third-order valence-electron chi connectivity index (χ3n) is 5.77. The number of aliphatic hydroxyl groups excluding tert-OH is 1. The number of anilines is 2. The Morgan fingerprint density at radius 1 is 0.964 bits per heavy atom. The molecule has 0 radical (unpaired) electrons. The molecule has 1 aromatic heterocycles. The van der Waals surface area contributed by atoms with Gasteiger partial charge in [-0.05, 0) is 50.4 Å². The number of benzene rings is 1. The molecular weight excluding hydrogens is 350 g/mol. The summed E-state index contributed by atoms with van der Waals surface area (Å²) in [6.07, 6.45) is 5.93. The summed E-state index contributed by atoms with van der Waals surface area (Å²) in [7, 11) is 0. The van der Waals surface area contributed by atoms with Crippen LogP contribution in [0.25, 0.3) is 0 Å². The summed E-state index contributed by atoms with van der Waals surface area (Å²) in [5, 5.41) is 9.79. The van der Waals surface area contributed by atoms with Gasteiger partial charge in [0, 0.05) is 38.9 Å². The van der Waals surface area contributed by atoms with Crippen LogP contribution in [-0.2, 0) is 6.42 Å². The van der Waals surface area contributed by atoms with Gasteiger partial charge in [-0.2, -0.15) is 4.98 Å². The summed E-state index contributed by atoms with van der Waals surface area (Å²) in [5.74, 6) is 1.76. The molecule has 6 nitrogen and oxygen atoms in total. The largest absolute Gasteiger partial charge is 0.391 e. The predicted octanol–water partition coefficient (Wildman–Crippen LogP) is 2.19. The highest BCUT2D eigenvalue weighted by Crippen LogP contribution is 2.20. The average molecular weight is 382 g/mol. The first-order valence-corrected chi connectivity index (χ1v) is 10.6. The minimum atomic E-state index is -0.235. The number of β-amino-alcohol motifs (C(OH)–C–C–N with tert-alkyl or cyclic N) is 1. The van der Waals surface area contributed by atoms with E-state index in [0.29, 0.717) is 6.54 Å². The van der Waals surface area contributed by atoms with Crippen molar-refractivity contribution in [2.75, 3.05) is 55.6 Å². The zero-order valence-electron chi connectivity index (χ0n) is 16.6. The second-order valence-corrected chi connectivity index (χ2v) is 7.87. The van der Waals surface area contributed by atoms with Gasteiger partial charge in [-0.15, -0.1) is 0 Å². The Morgan fingerprint density at radius 3 is 2.68 bits per heavy atom.